The molecule has 0 heterocycles. The Morgan fingerprint density at radius 2 is 2.00 bits per heavy atom. The monoisotopic (exact) mass is 275 g/mol. The summed E-state index contributed by atoms with van der Waals surface area (Å²) in [7, 11) is 0. The zero-order valence-corrected chi connectivity index (χ0v) is 10.1. The third-order valence-electron chi connectivity index (χ3n) is 2.47. The van der Waals surface area contributed by atoms with Gasteiger partial charge in [-0.3, -0.25) is 4.79 Å². The standard InChI is InChI=1S/C12H12F3NO3/c1-2-16(6-10(14)15)11(17)8-4-3-7(12(18)19)5-9(8)13/h3-5,10H,2,6H2,1H3,(H,18,19). The second kappa shape index (κ2) is 6.21. The molecule has 1 aromatic rings. The molecule has 0 unspecified atom stereocenters. The molecule has 0 aliphatic heterocycles. The highest BCUT2D eigenvalue weighted by molar-refractivity contribution is 5.96. The zero-order valence-electron chi connectivity index (χ0n) is 10.1. The van der Waals surface area contributed by atoms with Crippen molar-refractivity contribution < 1.29 is 27.9 Å². The number of carbonyl (C=O) groups is 2. The number of benzene rings is 1. The van der Waals surface area contributed by atoms with Gasteiger partial charge in [-0.2, -0.15) is 0 Å². The number of nitrogens with zero attached hydrogens (tertiary/aromatic N) is 1. The molecule has 7 heteroatoms. The highest BCUT2D eigenvalue weighted by Gasteiger charge is 2.21. The van der Waals surface area contributed by atoms with Crippen LogP contribution in [0, 0.1) is 5.82 Å². The van der Waals surface area contributed by atoms with E-state index in [2.05, 4.69) is 0 Å². The average molecular weight is 275 g/mol. The highest BCUT2D eigenvalue weighted by Crippen LogP contribution is 2.14. The van der Waals surface area contributed by atoms with Gasteiger partial charge in [-0.25, -0.2) is 18.0 Å². The molecule has 0 aliphatic rings. The first-order valence-electron chi connectivity index (χ1n) is 5.47. The van der Waals surface area contributed by atoms with Crippen molar-refractivity contribution in [1.29, 1.82) is 0 Å². The molecule has 0 saturated heterocycles. The van der Waals surface area contributed by atoms with Crippen molar-refractivity contribution in [2.75, 3.05) is 13.1 Å². The quantitative estimate of drug-likeness (QED) is 0.896. The van der Waals surface area contributed by atoms with Crippen molar-refractivity contribution in [3.8, 4) is 0 Å². The summed E-state index contributed by atoms with van der Waals surface area (Å²) in [4.78, 5) is 23.2. The van der Waals surface area contributed by atoms with E-state index < -0.39 is 36.2 Å². The van der Waals surface area contributed by atoms with Crippen LogP contribution in [0.2, 0.25) is 0 Å². The molecular weight excluding hydrogens is 263 g/mol. The molecule has 1 aromatic carbocycles. The maximum Gasteiger partial charge on any atom is 0.335 e. The van der Waals surface area contributed by atoms with Crippen LogP contribution in [-0.2, 0) is 0 Å². The van der Waals surface area contributed by atoms with Gasteiger partial charge in [-0.15, -0.1) is 0 Å². The van der Waals surface area contributed by atoms with Crippen LogP contribution in [0.3, 0.4) is 0 Å². The van der Waals surface area contributed by atoms with Gasteiger partial charge in [-0.05, 0) is 25.1 Å². The van der Waals surface area contributed by atoms with Gasteiger partial charge in [0.05, 0.1) is 17.7 Å². The van der Waals surface area contributed by atoms with Gasteiger partial charge in [0.25, 0.3) is 12.3 Å². The SMILES string of the molecule is CCN(CC(F)F)C(=O)c1ccc(C(=O)O)cc1F. The first kappa shape index (κ1) is 15.0. The number of hydrogen-bond acceptors (Lipinski definition) is 2. The van der Waals surface area contributed by atoms with Crippen molar-refractivity contribution >= 4 is 11.9 Å². The molecule has 0 aliphatic carbocycles. The number of hydrogen-bond donors (Lipinski definition) is 1. The fourth-order valence-corrected chi connectivity index (χ4v) is 1.51. The van der Waals surface area contributed by atoms with Crippen molar-refractivity contribution in [2.45, 2.75) is 13.3 Å². The van der Waals surface area contributed by atoms with Crippen LogP contribution in [-0.4, -0.2) is 41.4 Å². The number of carbonyl (C=O) groups excluding carboxylic acids is 1. The smallest absolute Gasteiger partial charge is 0.335 e. The second-order valence-electron chi connectivity index (χ2n) is 3.73. The van der Waals surface area contributed by atoms with Crippen LogP contribution in [0.25, 0.3) is 0 Å². The Balaban J connectivity index is 3.02. The van der Waals surface area contributed by atoms with E-state index in [1.54, 1.807) is 0 Å². The number of alkyl halides is 2. The Morgan fingerprint density at radius 1 is 1.37 bits per heavy atom. The van der Waals surface area contributed by atoms with Crippen LogP contribution in [0.5, 0.6) is 0 Å². The summed E-state index contributed by atoms with van der Waals surface area (Å²) in [5.41, 5.74) is -0.738. The molecule has 0 spiro atoms. The third-order valence-corrected chi connectivity index (χ3v) is 2.47. The number of rotatable bonds is 5. The lowest BCUT2D eigenvalue weighted by atomic mass is 10.1. The molecule has 1 N–H and O–H groups in total. The molecule has 0 fully saturated rings. The van der Waals surface area contributed by atoms with Gasteiger partial charge in [-0.1, -0.05) is 0 Å². The summed E-state index contributed by atoms with van der Waals surface area (Å²) in [6.45, 7) is 0.697. The van der Waals surface area contributed by atoms with Crippen LogP contribution < -0.4 is 0 Å². The van der Waals surface area contributed by atoms with Crippen LogP contribution >= 0.6 is 0 Å². The van der Waals surface area contributed by atoms with E-state index >= 15 is 0 Å². The van der Waals surface area contributed by atoms with Gasteiger partial charge >= 0.3 is 5.97 Å². The summed E-state index contributed by atoms with van der Waals surface area (Å²) in [6, 6.07) is 2.72. The highest BCUT2D eigenvalue weighted by atomic mass is 19.3. The van der Waals surface area contributed by atoms with E-state index in [9.17, 15) is 22.8 Å². The largest absolute Gasteiger partial charge is 0.478 e. The Bertz CT molecular complexity index is 491. The van der Waals surface area contributed by atoms with E-state index in [1.807, 2.05) is 0 Å². The molecule has 4 nitrogen and oxygen atoms in total. The zero-order chi connectivity index (χ0) is 14.6. The van der Waals surface area contributed by atoms with Crippen molar-refractivity contribution in [3.63, 3.8) is 0 Å². The third kappa shape index (κ3) is 3.70. The molecule has 0 radical (unpaired) electrons. The number of carboxylic acid groups (broad SMARTS) is 1. The minimum atomic E-state index is -2.72. The normalized spacial score (nSPS) is 10.6. The van der Waals surface area contributed by atoms with Crippen molar-refractivity contribution in [2.24, 2.45) is 0 Å². The van der Waals surface area contributed by atoms with Crippen LogP contribution in [0.1, 0.15) is 27.6 Å². The lowest BCUT2D eigenvalue weighted by Gasteiger charge is -2.20. The number of aromatic carboxylic acids is 1. The summed E-state index contributed by atoms with van der Waals surface area (Å²) in [5, 5.41) is 8.65. The van der Waals surface area contributed by atoms with E-state index in [0.29, 0.717) is 6.07 Å². The Kier molecular flexibility index (Phi) is 4.91. The van der Waals surface area contributed by atoms with Gasteiger partial charge in [0.2, 0.25) is 0 Å². The number of amides is 1. The van der Waals surface area contributed by atoms with E-state index in [4.69, 9.17) is 5.11 Å². The van der Waals surface area contributed by atoms with E-state index in [1.165, 1.54) is 6.92 Å². The van der Waals surface area contributed by atoms with E-state index in [-0.39, 0.29) is 12.1 Å². The van der Waals surface area contributed by atoms with Gasteiger partial charge in [0.15, 0.2) is 0 Å². The molecule has 19 heavy (non-hydrogen) atoms. The summed E-state index contributed by atoms with van der Waals surface area (Å²) >= 11 is 0. The first-order chi connectivity index (χ1) is 8.86. The summed E-state index contributed by atoms with van der Waals surface area (Å²) in [5.74, 6) is -3.27. The van der Waals surface area contributed by atoms with Gasteiger partial charge in [0, 0.05) is 6.54 Å². The Morgan fingerprint density at radius 3 is 2.42 bits per heavy atom. The van der Waals surface area contributed by atoms with E-state index in [0.717, 1.165) is 17.0 Å². The number of halogens is 3. The maximum absolute atomic E-state index is 13.6. The predicted octanol–water partition coefficient (Wildman–Crippen LogP) is 2.25. The molecule has 0 bridgehead atoms. The van der Waals surface area contributed by atoms with Crippen LogP contribution in [0.15, 0.2) is 18.2 Å². The maximum atomic E-state index is 13.6. The molecule has 104 valence electrons. The fourth-order valence-electron chi connectivity index (χ4n) is 1.51. The molecule has 0 saturated carbocycles. The Hall–Kier alpha value is -2.05. The minimum Gasteiger partial charge on any atom is -0.478 e. The Labute approximate surface area is 107 Å². The van der Waals surface area contributed by atoms with Crippen molar-refractivity contribution in [1.82, 2.24) is 4.90 Å². The minimum absolute atomic E-state index is 0.00327. The summed E-state index contributed by atoms with van der Waals surface area (Å²) < 4.78 is 38.1. The average Bonchev–Trinajstić information content (AvgIpc) is 2.34. The first-order valence-corrected chi connectivity index (χ1v) is 5.47. The van der Waals surface area contributed by atoms with Crippen LogP contribution in [0.4, 0.5) is 13.2 Å². The second-order valence-corrected chi connectivity index (χ2v) is 3.73. The lowest BCUT2D eigenvalue weighted by Crippen LogP contribution is -2.35. The summed E-state index contributed by atoms with van der Waals surface area (Å²) in [6.07, 6.45) is -2.72. The molecule has 0 aromatic heterocycles. The fraction of sp³-hybridized carbons (Fsp3) is 0.333. The topological polar surface area (TPSA) is 57.6 Å². The molecule has 1 rings (SSSR count). The number of carboxylic acids is 1. The van der Waals surface area contributed by atoms with Crippen molar-refractivity contribution in [3.05, 3.63) is 35.1 Å². The predicted molar refractivity (Wildman–Crippen MR) is 60.9 cm³/mol. The lowest BCUT2D eigenvalue weighted by molar-refractivity contribution is 0.0564. The molecule has 0 atom stereocenters. The molecular formula is C12H12F3NO3. The van der Waals surface area contributed by atoms with Gasteiger partial charge < -0.3 is 10.0 Å². The molecule has 1 amide bonds. The van der Waals surface area contributed by atoms with Gasteiger partial charge in [0.1, 0.15) is 5.82 Å².